The maximum Gasteiger partial charge on any atom is 0.246 e. The molecule has 1 saturated heterocycles. The highest BCUT2D eigenvalue weighted by atomic mass is 32.2. The molecule has 0 atom stereocenters. The molecule has 1 amide bonds. The van der Waals surface area contributed by atoms with Crippen LogP contribution in [-0.2, 0) is 14.8 Å². The van der Waals surface area contributed by atoms with Crippen molar-refractivity contribution >= 4 is 27.7 Å². The number of thioether (sulfide) groups is 1. The fourth-order valence-corrected chi connectivity index (χ4v) is 6.27. The SMILES string of the molecule is COc1ccc(OC)c(S(=O)(=O)N2CCC(C(=O)NCCSc3n[nH]c(-c4ccccc4)n3)CC2)c1. The van der Waals surface area contributed by atoms with E-state index in [4.69, 9.17) is 9.47 Å². The van der Waals surface area contributed by atoms with E-state index < -0.39 is 10.0 Å². The molecule has 1 fully saturated rings. The second-order valence-corrected chi connectivity index (χ2v) is 11.1. The Balaban J connectivity index is 1.24. The summed E-state index contributed by atoms with van der Waals surface area (Å²) in [5.74, 6) is 1.72. The van der Waals surface area contributed by atoms with Gasteiger partial charge in [-0.05, 0) is 25.0 Å². The molecule has 0 aliphatic carbocycles. The molecule has 192 valence electrons. The van der Waals surface area contributed by atoms with Gasteiger partial charge in [0.2, 0.25) is 21.1 Å². The van der Waals surface area contributed by atoms with Crippen LogP contribution < -0.4 is 14.8 Å². The Morgan fingerprint density at radius 1 is 1.14 bits per heavy atom. The summed E-state index contributed by atoms with van der Waals surface area (Å²) < 4.78 is 38.3. The minimum absolute atomic E-state index is 0.0617. The molecule has 0 saturated carbocycles. The van der Waals surface area contributed by atoms with Gasteiger partial charge in [0.1, 0.15) is 16.4 Å². The summed E-state index contributed by atoms with van der Waals surface area (Å²) in [4.78, 5) is 17.2. The fourth-order valence-electron chi connectivity index (χ4n) is 3.98. The number of ether oxygens (including phenoxy) is 2. The number of hydrogen-bond donors (Lipinski definition) is 2. The molecule has 0 radical (unpaired) electrons. The molecule has 1 aromatic heterocycles. The number of rotatable bonds is 10. The highest BCUT2D eigenvalue weighted by molar-refractivity contribution is 7.99. The van der Waals surface area contributed by atoms with Gasteiger partial charge in [-0.15, -0.1) is 5.10 Å². The molecule has 10 nitrogen and oxygen atoms in total. The minimum Gasteiger partial charge on any atom is -0.497 e. The summed E-state index contributed by atoms with van der Waals surface area (Å²) in [6.07, 6.45) is 0.900. The van der Waals surface area contributed by atoms with E-state index in [-0.39, 0.29) is 35.6 Å². The number of nitrogens with zero attached hydrogens (tertiary/aromatic N) is 3. The number of benzene rings is 2. The van der Waals surface area contributed by atoms with Gasteiger partial charge in [0, 0.05) is 42.9 Å². The minimum atomic E-state index is -3.78. The quantitative estimate of drug-likeness (QED) is 0.302. The molecule has 1 aliphatic rings. The van der Waals surface area contributed by atoms with Crippen LogP contribution >= 0.6 is 11.8 Å². The van der Waals surface area contributed by atoms with Gasteiger partial charge in [-0.1, -0.05) is 42.1 Å². The highest BCUT2D eigenvalue weighted by Gasteiger charge is 2.34. The number of hydrogen-bond acceptors (Lipinski definition) is 8. The number of sulfonamides is 1. The highest BCUT2D eigenvalue weighted by Crippen LogP contribution is 2.32. The van der Waals surface area contributed by atoms with E-state index in [0.717, 1.165) is 5.56 Å². The molecule has 3 aromatic rings. The summed E-state index contributed by atoms with van der Waals surface area (Å²) in [6.45, 7) is 0.988. The molecular formula is C24H29N5O5S2. The predicted octanol–water partition coefficient (Wildman–Crippen LogP) is 2.80. The number of carbonyl (C=O) groups is 1. The number of amides is 1. The Morgan fingerprint density at radius 3 is 2.58 bits per heavy atom. The first-order chi connectivity index (χ1) is 17.4. The maximum atomic E-state index is 13.2. The van der Waals surface area contributed by atoms with Crippen LogP contribution in [-0.4, -0.2) is 73.4 Å². The van der Waals surface area contributed by atoms with E-state index in [1.54, 1.807) is 12.1 Å². The lowest BCUT2D eigenvalue weighted by Gasteiger charge is -2.31. The number of methoxy groups -OCH3 is 2. The molecular weight excluding hydrogens is 502 g/mol. The van der Waals surface area contributed by atoms with Crippen molar-refractivity contribution in [3.8, 4) is 22.9 Å². The Labute approximate surface area is 214 Å². The molecule has 0 unspecified atom stereocenters. The second-order valence-electron chi connectivity index (χ2n) is 8.17. The zero-order valence-electron chi connectivity index (χ0n) is 20.1. The number of piperidine rings is 1. The zero-order valence-corrected chi connectivity index (χ0v) is 21.8. The maximum absolute atomic E-state index is 13.2. The summed E-state index contributed by atoms with van der Waals surface area (Å²) in [7, 11) is -0.869. The molecule has 0 spiro atoms. The monoisotopic (exact) mass is 531 g/mol. The predicted molar refractivity (Wildman–Crippen MR) is 137 cm³/mol. The van der Waals surface area contributed by atoms with Crippen LogP contribution in [0, 0.1) is 5.92 Å². The molecule has 2 N–H and O–H groups in total. The van der Waals surface area contributed by atoms with E-state index in [1.807, 2.05) is 30.3 Å². The molecule has 0 bridgehead atoms. The average molecular weight is 532 g/mol. The van der Waals surface area contributed by atoms with Crippen molar-refractivity contribution in [3.05, 3.63) is 48.5 Å². The number of aromatic nitrogens is 3. The topological polar surface area (TPSA) is 127 Å². The van der Waals surface area contributed by atoms with Crippen LogP contribution in [0.5, 0.6) is 11.5 Å². The number of nitrogens with one attached hydrogen (secondary N) is 2. The normalized spacial score (nSPS) is 14.9. The first kappa shape index (κ1) is 26.0. The third-order valence-corrected chi connectivity index (χ3v) is 8.73. The van der Waals surface area contributed by atoms with Gasteiger partial charge in [-0.25, -0.2) is 13.4 Å². The van der Waals surface area contributed by atoms with Crippen molar-refractivity contribution in [2.45, 2.75) is 22.9 Å². The van der Waals surface area contributed by atoms with Gasteiger partial charge in [0.15, 0.2) is 5.82 Å². The lowest BCUT2D eigenvalue weighted by atomic mass is 9.97. The second kappa shape index (κ2) is 11.8. The van der Waals surface area contributed by atoms with E-state index >= 15 is 0 Å². The Kier molecular flexibility index (Phi) is 8.49. The molecule has 36 heavy (non-hydrogen) atoms. The molecule has 2 aromatic carbocycles. The van der Waals surface area contributed by atoms with Crippen molar-refractivity contribution in [2.24, 2.45) is 5.92 Å². The van der Waals surface area contributed by atoms with E-state index in [0.29, 0.717) is 41.9 Å². The number of aromatic amines is 1. The van der Waals surface area contributed by atoms with Gasteiger partial charge >= 0.3 is 0 Å². The third kappa shape index (κ3) is 6.00. The Hall–Kier alpha value is -3.09. The third-order valence-electron chi connectivity index (χ3n) is 5.96. The average Bonchev–Trinajstić information content (AvgIpc) is 3.40. The van der Waals surface area contributed by atoms with Crippen LogP contribution in [0.2, 0.25) is 0 Å². The standard InChI is InChI=1S/C24H29N5O5S2/c1-33-19-8-9-20(34-2)21(16-19)36(31,32)29-13-10-18(11-14-29)23(30)25-12-15-35-24-26-22(27-28-24)17-6-4-3-5-7-17/h3-9,16,18H,10-15H2,1-2H3,(H,25,30)(H,26,27,28). The lowest BCUT2D eigenvalue weighted by Crippen LogP contribution is -2.43. The summed E-state index contributed by atoms with van der Waals surface area (Å²) in [5.41, 5.74) is 0.961. The van der Waals surface area contributed by atoms with Crippen molar-refractivity contribution in [1.82, 2.24) is 24.8 Å². The summed E-state index contributed by atoms with van der Waals surface area (Å²) >= 11 is 1.45. The molecule has 4 rings (SSSR count). The summed E-state index contributed by atoms with van der Waals surface area (Å²) in [5, 5.41) is 10.7. The Morgan fingerprint density at radius 2 is 1.89 bits per heavy atom. The van der Waals surface area contributed by atoms with Crippen LogP contribution in [0.1, 0.15) is 12.8 Å². The summed E-state index contributed by atoms with van der Waals surface area (Å²) in [6, 6.07) is 14.4. The van der Waals surface area contributed by atoms with Crippen LogP contribution in [0.25, 0.3) is 11.4 Å². The van der Waals surface area contributed by atoms with Gasteiger partial charge in [-0.2, -0.15) is 4.31 Å². The smallest absolute Gasteiger partial charge is 0.246 e. The van der Waals surface area contributed by atoms with Crippen molar-refractivity contribution in [2.75, 3.05) is 39.6 Å². The lowest BCUT2D eigenvalue weighted by molar-refractivity contribution is -0.125. The van der Waals surface area contributed by atoms with Crippen molar-refractivity contribution in [1.29, 1.82) is 0 Å². The Bertz CT molecular complexity index is 1280. The first-order valence-corrected chi connectivity index (χ1v) is 14.0. The van der Waals surface area contributed by atoms with E-state index in [1.165, 1.54) is 36.4 Å². The molecule has 12 heteroatoms. The first-order valence-electron chi connectivity index (χ1n) is 11.5. The van der Waals surface area contributed by atoms with Crippen molar-refractivity contribution in [3.63, 3.8) is 0 Å². The van der Waals surface area contributed by atoms with Crippen LogP contribution in [0.4, 0.5) is 0 Å². The fraction of sp³-hybridized carbons (Fsp3) is 0.375. The van der Waals surface area contributed by atoms with Gasteiger partial charge < -0.3 is 14.8 Å². The largest absolute Gasteiger partial charge is 0.497 e. The van der Waals surface area contributed by atoms with Gasteiger partial charge in [0.25, 0.3) is 0 Å². The van der Waals surface area contributed by atoms with Gasteiger partial charge in [0.05, 0.1) is 14.2 Å². The van der Waals surface area contributed by atoms with E-state index in [2.05, 4.69) is 20.5 Å². The van der Waals surface area contributed by atoms with Crippen molar-refractivity contribution < 1.29 is 22.7 Å². The van der Waals surface area contributed by atoms with E-state index in [9.17, 15) is 13.2 Å². The number of carbonyl (C=O) groups excluding carboxylic acids is 1. The molecule has 2 heterocycles. The zero-order chi connectivity index (χ0) is 25.5. The van der Waals surface area contributed by atoms with Gasteiger partial charge in [-0.3, -0.25) is 9.89 Å². The number of H-pyrrole nitrogens is 1. The van der Waals surface area contributed by atoms with Crippen LogP contribution in [0.3, 0.4) is 0 Å². The molecule has 1 aliphatic heterocycles. The van der Waals surface area contributed by atoms with Crippen LogP contribution in [0.15, 0.2) is 58.6 Å².